The predicted molar refractivity (Wildman–Crippen MR) is 140 cm³/mol. The van der Waals surface area contributed by atoms with Crippen molar-refractivity contribution in [2.45, 2.75) is 19.1 Å². The van der Waals surface area contributed by atoms with Crippen molar-refractivity contribution in [3.8, 4) is 0 Å². The molecule has 0 saturated carbocycles. The molecule has 0 unspecified atom stereocenters. The van der Waals surface area contributed by atoms with Crippen molar-refractivity contribution < 1.29 is 43.3 Å². The van der Waals surface area contributed by atoms with Crippen LogP contribution in [0.25, 0.3) is 0 Å². The lowest BCUT2D eigenvalue weighted by Crippen LogP contribution is -2.48. The summed E-state index contributed by atoms with van der Waals surface area (Å²) in [5, 5.41) is 12.2. The molecule has 39 heavy (non-hydrogen) atoms. The lowest BCUT2D eigenvalue weighted by atomic mass is 10.1. The molecule has 1 amide bonds. The molecular weight excluding hydrogens is 553 g/mol. The van der Waals surface area contributed by atoms with E-state index in [0.29, 0.717) is 0 Å². The van der Waals surface area contributed by atoms with E-state index >= 15 is 0 Å². The third-order valence-corrected chi connectivity index (χ3v) is 5.73. The Bertz CT molecular complexity index is 1410. The number of carbonyl (C=O) groups is 5. The van der Waals surface area contributed by atoms with Crippen molar-refractivity contribution >= 4 is 58.7 Å². The molecular formula is C27H21Cl2NO9. The molecule has 0 spiro atoms. The molecule has 3 rings (SSSR count). The molecule has 0 aliphatic carbocycles. The van der Waals surface area contributed by atoms with Gasteiger partial charge in [-0.3, -0.25) is 4.79 Å². The van der Waals surface area contributed by atoms with Crippen LogP contribution in [-0.2, 0) is 23.8 Å². The van der Waals surface area contributed by atoms with E-state index in [9.17, 15) is 29.1 Å². The summed E-state index contributed by atoms with van der Waals surface area (Å²) in [6, 6.07) is 16.9. The number of ether oxygens (including phenoxy) is 3. The quantitative estimate of drug-likeness (QED) is 0.261. The fourth-order valence-corrected chi connectivity index (χ4v) is 3.68. The SMILES string of the molecule is CCOC(=O)c1cccc(NC(=O)[C@H](OC(=O)c2ccccc2Cl)[C@@H](OC(=O)c2ccccc2Cl)C(=O)O)c1. The zero-order valence-corrected chi connectivity index (χ0v) is 21.8. The maximum Gasteiger partial charge on any atom is 0.349 e. The molecule has 0 aliphatic rings. The van der Waals surface area contributed by atoms with Gasteiger partial charge in [0.1, 0.15) is 0 Å². The minimum absolute atomic E-state index is 0.0243. The van der Waals surface area contributed by atoms with Gasteiger partial charge in [0.05, 0.1) is 33.3 Å². The molecule has 0 saturated heterocycles. The Morgan fingerprint density at radius 2 is 1.31 bits per heavy atom. The number of esters is 3. The zero-order chi connectivity index (χ0) is 28.5. The fourth-order valence-electron chi connectivity index (χ4n) is 3.26. The van der Waals surface area contributed by atoms with Gasteiger partial charge in [-0.15, -0.1) is 0 Å². The van der Waals surface area contributed by atoms with Crippen LogP contribution in [0, 0.1) is 0 Å². The van der Waals surface area contributed by atoms with E-state index in [-0.39, 0.29) is 39.0 Å². The van der Waals surface area contributed by atoms with Crippen LogP contribution in [-0.4, -0.2) is 53.7 Å². The van der Waals surface area contributed by atoms with Gasteiger partial charge in [-0.1, -0.05) is 53.5 Å². The molecule has 3 aromatic carbocycles. The highest BCUT2D eigenvalue weighted by atomic mass is 35.5. The van der Waals surface area contributed by atoms with E-state index in [4.69, 9.17) is 37.4 Å². The lowest BCUT2D eigenvalue weighted by Gasteiger charge is -2.24. The first-order valence-corrected chi connectivity index (χ1v) is 12.1. The van der Waals surface area contributed by atoms with E-state index in [2.05, 4.69) is 5.32 Å². The number of nitrogens with one attached hydrogen (secondary N) is 1. The molecule has 0 bridgehead atoms. The molecule has 0 heterocycles. The molecule has 0 fully saturated rings. The second-order valence-electron chi connectivity index (χ2n) is 7.74. The first kappa shape index (κ1) is 29.2. The second kappa shape index (κ2) is 13.4. The molecule has 2 N–H and O–H groups in total. The Morgan fingerprint density at radius 3 is 1.82 bits per heavy atom. The summed E-state index contributed by atoms with van der Waals surface area (Å²) in [6.45, 7) is 1.74. The summed E-state index contributed by atoms with van der Waals surface area (Å²) in [7, 11) is 0. The fraction of sp³-hybridized carbons (Fsp3) is 0.148. The van der Waals surface area contributed by atoms with Crippen LogP contribution in [0.1, 0.15) is 38.0 Å². The van der Waals surface area contributed by atoms with Crippen molar-refractivity contribution in [3.05, 3.63) is 99.5 Å². The van der Waals surface area contributed by atoms with E-state index < -0.39 is 42.0 Å². The van der Waals surface area contributed by atoms with Crippen molar-refractivity contribution in [3.63, 3.8) is 0 Å². The van der Waals surface area contributed by atoms with Gasteiger partial charge in [-0.2, -0.15) is 0 Å². The Labute approximate surface area is 232 Å². The van der Waals surface area contributed by atoms with Crippen LogP contribution in [0.3, 0.4) is 0 Å². The first-order valence-electron chi connectivity index (χ1n) is 11.3. The van der Waals surface area contributed by atoms with Gasteiger partial charge in [0.15, 0.2) is 0 Å². The van der Waals surface area contributed by atoms with Gasteiger partial charge in [-0.05, 0) is 49.4 Å². The predicted octanol–water partition coefficient (Wildman–Crippen LogP) is 4.64. The number of carboxylic acid groups (broad SMARTS) is 1. The molecule has 0 aromatic heterocycles. The number of amides is 1. The van der Waals surface area contributed by atoms with Crippen molar-refractivity contribution in [2.75, 3.05) is 11.9 Å². The van der Waals surface area contributed by atoms with Crippen LogP contribution >= 0.6 is 23.2 Å². The van der Waals surface area contributed by atoms with Crippen LogP contribution < -0.4 is 5.32 Å². The minimum atomic E-state index is -2.30. The van der Waals surface area contributed by atoms with Crippen molar-refractivity contribution in [1.82, 2.24) is 0 Å². The number of carbonyl (C=O) groups excluding carboxylic acids is 4. The van der Waals surface area contributed by atoms with Crippen molar-refractivity contribution in [2.24, 2.45) is 0 Å². The average molecular weight is 574 g/mol. The molecule has 12 heteroatoms. The maximum absolute atomic E-state index is 13.3. The van der Waals surface area contributed by atoms with Crippen LogP contribution in [0.4, 0.5) is 5.69 Å². The van der Waals surface area contributed by atoms with E-state index in [1.165, 1.54) is 60.7 Å². The first-order chi connectivity index (χ1) is 18.6. The average Bonchev–Trinajstić information content (AvgIpc) is 2.91. The standard InChI is InChI=1S/C27H21Cl2NO9/c1-2-37-25(34)15-8-7-9-16(14-15)30-23(31)21(38-26(35)17-10-3-5-12-19(17)28)22(24(32)33)39-27(36)18-11-4-6-13-20(18)29/h3-14,21-22H,2H2,1H3,(H,30,31)(H,32,33)/t21-,22-/m1/s1. The van der Waals surface area contributed by atoms with Crippen LogP contribution in [0.2, 0.25) is 10.0 Å². The Morgan fingerprint density at radius 1 is 0.769 bits per heavy atom. The Hall–Kier alpha value is -4.41. The summed E-state index contributed by atoms with van der Waals surface area (Å²) in [6.07, 6.45) is -4.49. The molecule has 10 nitrogen and oxygen atoms in total. The highest BCUT2D eigenvalue weighted by Crippen LogP contribution is 2.22. The topological polar surface area (TPSA) is 145 Å². The monoisotopic (exact) mass is 573 g/mol. The summed E-state index contributed by atoms with van der Waals surface area (Å²) in [4.78, 5) is 63.2. The third-order valence-electron chi connectivity index (χ3n) is 5.07. The number of halogens is 2. The summed E-state index contributed by atoms with van der Waals surface area (Å²) in [5.41, 5.74) is -0.197. The largest absolute Gasteiger partial charge is 0.478 e. The summed E-state index contributed by atoms with van der Waals surface area (Å²) in [5.74, 6) is -5.95. The number of benzene rings is 3. The molecule has 202 valence electrons. The van der Waals surface area contributed by atoms with Crippen LogP contribution in [0.15, 0.2) is 72.8 Å². The van der Waals surface area contributed by atoms with E-state index in [1.807, 2.05) is 0 Å². The van der Waals surface area contributed by atoms with Crippen molar-refractivity contribution in [1.29, 1.82) is 0 Å². The normalized spacial score (nSPS) is 12.0. The van der Waals surface area contributed by atoms with Gasteiger partial charge in [0.25, 0.3) is 5.91 Å². The van der Waals surface area contributed by atoms with Crippen LogP contribution in [0.5, 0.6) is 0 Å². The highest BCUT2D eigenvalue weighted by molar-refractivity contribution is 6.34. The van der Waals surface area contributed by atoms with E-state index in [0.717, 1.165) is 0 Å². The lowest BCUT2D eigenvalue weighted by molar-refractivity contribution is -0.157. The van der Waals surface area contributed by atoms with Gasteiger partial charge in [0.2, 0.25) is 12.2 Å². The van der Waals surface area contributed by atoms with E-state index in [1.54, 1.807) is 19.1 Å². The number of aliphatic carboxylic acids is 1. The smallest absolute Gasteiger partial charge is 0.349 e. The molecule has 2 atom stereocenters. The minimum Gasteiger partial charge on any atom is -0.478 e. The number of hydrogen-bond donors (Lipinski definition) is 2. The Kier molecular flexibility index (Phi) is 10.0. The number of anilines is 1. The van der Waals surface area contributed by atoms with Gasteiger partial charge in [0, 0.05) is 5.69 Å². The summed E-state index contributed by atoms with van der Waals surface area (Å²) >= 11 is 12.1. The molecule has 3 aromatic rings. The second-order valence-corrected chi connectivity index (χ2v) is 8.55. The number of rotatable bonds is 10. The highest BCUT2D eigenvalue weighted by Gasteiger charge is 2.41. The number of hydrogen-bond acceptors (Lipinski definition) is 8. The molecule has 0 radical (unpaired) electrons. The Balaban J connectivity index is 1.95. The third kappa shape index (κ3) is 7.56. The van der Waals surface area contributed by atoms with Gasteiger partial charge >= 0.3 is 23.9 Å². The van der Waals surface area contributed by atoms with Gasteiger partial charge < -0.3 is 24.6 Å². The zero-order valence-electron chi connectivity index (χ0n) is 20.3. The maximum atomic E-state index is 13.3. The summed E-state index contributed by atoms with van der Waals surface area (Å²) < 4.78 is 15.3. The number of carboxylic acids is 1. The van der Waals surface area contributed by atoms with Gasteiger partial charge in [-0.25, -0.2) is 19.2 Å². The molecule has 0 aliphatic heterocycles.